The molecule has 0 aliphatic heterocycles. The van der Waals surface area contributed by atoms with E-state index in [9.17, 15) is 4.79 Å². The summed E-state index contributed by atoms with van der Waals surface area (Å²) >= 11 is 5.67. The van der Waals surface area contributed by atoms with Gasteiger partial charge in [0.25, 0.3) is 0 Å². The number of nitrogens with one attached hydrogen (secondary N) is 1. The lowest BCUT2D eigenvalue weighted by atomic mass is 10.2. The highest BCUT2D eigenvalue weighted by molar-refractivity contribution is 6.30. The molecule has 0 aromatic heterocycles. The maximum atomic E-state index is 10.4. The summed E-state index contributed by atoms with van der Waals surface area (Å²) in [6, 6.07) is 7.29. The van der Waals surface area contributed by atoms with Crippen molar-refractivity contribution in [2.24, 2.45) is 0 Å². The van der Waals surface area contributed by atoms with Gasteiger partial charge < -0.3 is 5.32 Å². The predicted octanol–water partition coefficient (Wildman–Crippen LogP) is 1.79. The molecule has 0 saturated heterocycles. The summed E-state index contributed by atoms with van der Waals surface area (Å²) in [5, 5.41) is 3.28. The van der Waals surface area contributed by atoms with Crippen molar-refractivity contribution in [1.29, 1.82) is 0 Å². The molecule has 12 heavy (non-hydrogen) atoms. The molecular weight excluding hydrogens is 174 g/mol. The first-order valence-corrected chi connectivity index (χ1v) is 3.90. The number of hydrogen-bond acceptors (Lipinski definition) is 1. The van der Waals surface area contributed by atoms with Gasteiger partial charge in [-0.15, -0.1) is 0 Å². The van der Waals surface area contributed by atoms with Crippen LogP contribution in [0.5, 0.6) is 0 Å². The monoisotopic (exact) mass is 182 g/mol. The molecule has 0 aliphatic carbocycles. The molecule has 1 N–H and O–H groups in total. The summed E-state index contributed by atoms with van der Waals surface area (Å²) in [7, 11) is 0. The molecule has 3 heteroatoms. The second kappa shape index (κ2) is 4.12. The predicted molar refractivity (Wildman–Crippen MR) is 48.7 cm³/mol. The van der Waals surface area contributed by atoms with Crippen LogP contribution in [0.1, 0.15) is 5.56 Å². The third kappa shape index (κ3) is 2.93. The maximum absolute atomic E-state index is 10.4. The highest BCUT2D eigenvalue weighted by atomic mass is 35.5. The smallest absolute Gasteiger partial charge is 0.220 e. The summed E-state index contributed by atoms with van der Waals surface area (Å²) in [4.78, 5) is 10.4. The van der Waals surface area contributed by atoms with Crippen LogP contribution < -0.4 is 5.32 Å². The summed E-state index contributed by atoms with van der Waals surface area (Å²) in [5.41, 5.74) is 1.01. The first-order chi connectivity index (χ1) is 5.68. The van der Waals surface area contributed by atoms with E-state index in [1.165, 1.54) is 0 Å². The molecule has 63 valence electrons. The Morgan fingerprint density at radius 3 is 2.50 bits per heavy atom. The van der Waals surface area contributed by atoms with Crippen molar-refractivity contribution in [3.63, 3.8) is 0 Å². The largest absolute Gasteiger partial charge is 0.352 e. The van der Waals surface area contributed by atoms with E-state index < -0.39 is 0 Å². The number of amides is 1. The van der Waals surface area contributed by atoms with Gasteiger partial charge in [0.15, 0.2) is 0 Å². The average molecular weight is 183 g/mol. The Morgan fingerprint density at radius 1 is 1.42 bits per heavy atom. The van der Waals surface area contributed by atoms with Crippen molar-refractivity contribution in [1.82, 2.24) is 5.32 Å². The number of carbonyl (C=O) groups is 1. The van der Waals surface area contributed by atoms with Crippen LogP contribution in [0.2, 0.25) is 5.02 Å². The van der Waals surface area contributed by atoms with Gasteiger partial charge in [0.05, 0.1) is 0 Å². The number of rotatable bonds is 2. The zero-order chi connectivity index (χ0) is 8.97. The molecule has 0 saturated carbocycles. The molecule has 1 aromatic rings. The number of hydrogen-bond donors (Lipinski definition) is 1. The second-order valence-electron chi connectivity index (χ2n) is 2.40. The van der Waals surface area contributed by atoms with Gasteiger partial charge in [0.1, 0.15) is 0 Å². The lowest BCUT2D eigenvalue weighted by molar-refractivity contribution is -0.116. The molecule has 1 amide bonds. The van der Waals surface area contributed by atoms with E-state index in [1.807, 2.05) is 12.1 Å². The highest BCUT2D eigenvalue weighted by Gasteiger charge is 1.93. The molecule has 0 aliphatic rings. The van der Waals surface area contributed by atoms with Gasteiger partial charge in [-0.2, -0.15) is 0 Å². The highest BCUT2D eigenvalue weighted by Crippen LogP contribution is 2.08. The minimum absolute atomic E-state index is 0.273. The Balaban J connectivity index is 2.53. The standard InChI is InChI=1S/C9H9ClNO/c1-7(12)11-6-8-2-4-9(10)5-3-8/h2-5H,1,6H2,(H,11,12). The summed E-state index contributed by atoms with van der Waals surface area (Å²) in [6.07, 6.45) is 0. The topological polar surface area (TPSA) is 29.1 Å². The fourth-order valence-electron chi connectivity index (χ4n) is 0.803. The fourth-order valence-corrected chi connectivity index (χ4v) is 0.929. The summed E-state index contributed by atoms with van der Waals surface area (Å²) < 4.78 is 0. The van der Waals surface area contributed by atoms with Crippen LogP contribution in [0.3, 0.4) is 0 Å². The molecule has 0 unspecified atom stereocenters. The van der Waals surface area contributed by atoms with E-state index in [1.54, 1.807) is 12.1 Å². The van der Waals surface area contributed by atoms with E-state index in [0.717, 1.165) is 5.56 Å². The van der Waals surface area contributed by atoms with Crippen molar-refractivity contribution >= 4 is 17.5 Å². The van der Waals surface area contributed by atoms with Crippen LogP contribution in [0.15, 0.2) is 24.3 Å². The van der Waals surface area contributed by atoms with Crippen LogP contribution in [0, 0.1) is 6.92 Å². The van der Waals surface area contributed by atoms with Gasteiger partial charge in [-0.3, -0.25) is 4.79 Å². The quantitative estimate of drug-likeness (QED) is 0.743. The van der Waals surface area contributed by atoms with Crippen molar-refractivity contribution < 1.29 is 4.79 Å². The maximum Gasteiger partial charge on any atom is 0.220 e. The van der Waals surface area contributed by atoms with Crippen molar-refractivity contribution in [3.05, 3.63) is 41.8 Å². The molecule has 0 spiro atoms. The van der Waals surface area contributed by atoms with E-state index in [0.29, 0.717) is 11.6 Å². The molecule has 2 nitrogen and oxygen atoms in total. The zero-order valence-electron chi connectivity index (χ0n) is 6.51. The minimum Gasteiger partial charge on any atom is -0.352 e. The molecule has 1 aromatic carbocycles. The Bertz CT molecular complexity index is 268. The van der Waals surface area contributed by atoms with E-state index in [2.05, 4.69) is 12.2 Å². The van der Waals surface area contributed by atoms with E-state index >= 15 is 0 Å². The lowest BCUT2D eigenvalue weighted by Crippen LogP contribution is -2.18. The van der Waals surface area contributed by atoms with E-state index in [4.69, 9.17) is 11.6 Å². The van der Waals surface area contributed by atoms with Crippen LogP contribution in [0.4, 0.5) is 0 Å². The molecule has 1 rings (SSSR count). The third-order valence-corrected chi connectivity index (χ3v) is 1.65. The zero-order valence-corrected chi connectivity index (χ0v) is 7.27. The van der Waals surface area contributed by atoms with Gasteiger partial charge in [-0.05, 0) is 17.7 Å². The van der Waals surface area contributed by atoms with Gasteiger partial charge in [0, 0.05) is 18.5 Å². The van der Waals surface area contributed by atoms with Gasteiger partial charge >= 0.3 is 0 Å². The second-order valence-corrected chi connectivity index (χ2v) is 2.84. The number of halogens is 1. The Morgan fingerprint density at radius 2 is 2.00 bits per heavy atom. The van der Waals surface area contributed by atoms with E-state index in [-0.39, 0.29) is 5.91 Å². The average Bonchev–Trinajstić information content (AvgIpc) is 2.03. The number of benzene rings is 1. The minimum atomic E-state index is -0.273. The van der Waals surface area contributed by atoms with Crippen LogP contribution in [0.25, 0.3) is 0 Å². The van der Waals surface area contributed by atoms with Crippen molar-refractivity contribution in [2.75, 3.05) is 0 Å². The molecule has 0 atom stereocenters. The third-order valence-electron chi connectivity index (χ3n) is 1.40. The van der Waals surface area contributed by atoms with Crippen LogP contribution >= 0.6 is 11.6 Å². The van der Waals surface area contributed by atoms with Crippen LogP contribution in [-0.2, 0) is 11.3 Å². The van der Waals surface area contributed by atoms with Gasteiger partial charge in [-0.1, -0.05) is 23.7 Å². The first-order valence-electron chi connectivity index (χ1n) is 3.53. The normalized spacial score (nSPS) is 9.50. The molecule has 0 bridgehead atoms. The van der Waals surface area contributed by atoms with Crippen molar-refractivity contribution in [2.45, 2.75) is 6.54 Å². The fraction of sp³-hybridized carbons (Fsp3) is 0.111. The number of carbonyl (C=O) groups excluding carboxylic acids is 1. The first kappa shape index (κ1) is 9.07. The SMILES string of the molecule is [CH2]C(=O)NCc1ccc(Cl)cc1. The summed E-state index contributed by atoms with van der Waals surface area (Å²) in [6.45, 7) is 3.69. The Kier molecular flexibility index (Phi) is 3.11. The van der Waals surface area contributed by atoms with Gasteiger partial charge in [0.2, 0.25) is 5.91 Å². The van der Waals surface area contributed by atoms with Gasteiger partial charge in [-0.25, -0.2) is 0 Å². The molecule has 0 fully saturated rings. The summed E-state index contributed by atoms with van der Waals surface area (Å²) in [5.74, 6) is -0.273. The molecule has 1 radical (unpaired) electrons. The molecule has 0 heterocycles. The Labute approximate surface area is 76.5 Å². The van der Waals surface area contributed by atoms with Crippen molar-refractivity contribution in [3.8, 4) is 0 Å². The Hall–Kier alpha value is -1.02. The van der Waals surface area contributed by atoms with Crippen LogP contribution in [-0.4, -0.2) is 5.91 Å². The molecular formula is C9H9ClNO. The lowest BCUT2D eigenvalue weighted by Gasteiger charge is -2.01.